The molecule has 6 heteroatoms. The number of nitrogens with one attached hydrogen (secondary N) is 1. The van der Waals surface area contributed by atoms with Crippen molar-refractivity contribution in [3.05, 3.63) is 29.8 Å². The third-order valence-electron chi connectivity index (χ3n) is 3.63. The fourth-order valence-electron chi connectivity index (χ4n) is 2.58. The number of nitrogens with zero attached hydrogens (tertiary/aromatic N) is 1. The number of methoxy groups -OCH3 is 1. The number of urea groups is 1. The number of aliphatic carboxylic acids is 1. The number of rotatable bonds is 5. The molecule has 0 bridgehead atoms. The van der Waals surface area contributed by atoms with Crippen LogP contribution in [0.3, 0.4) is 0 Å². The Morgan fingerprint density at radius 3 is 3.00 bits per heavy atom. The van der Waals surface area contributed by atoms with Crippen molar-refractivity contribution in [3.8, 4) is 5.75 Å². The highest BCUT2D eigenvalue weighted by molar-refractivity contribution is 5.76. The lowest BCUT2D eigenvalue weighted by Crippen LogP contribution is -2.43. The molecule has 6 nitrogen and oxygen atoms in total. The fourth-order valence-corrected chi connectivity index (χ4v) is 2.58. The monoisotopic (exact) mass is 292 g/mol. The summed E-state index contributed by atoms with van der Waals surface area (Å²) in [6.07, 6.45) is 1.61. The van der Waals surface area contributed by atoms with Crippen LogP contribution < -0.4 is 10.1 Å². The number of benzene rings is 1. The first-order valence-corrected chi connectivity index (χ1v) is 6.99. The van der Waals surface area contributed by atoms with E-state index in [-0.39, 0.29) is 18.5 Å². The van der Waals surface area contributed by atoms with Crippen LogP contribution in [0.2, 0.25) is 0 Å². The van der Waals surface area contributed by atoms with E-state index in [9.17, 15) is 9.59 Å². The number of amides is 2. The van der Waals surface area contributed by atoms with Crippen molar-refractivity contribution in [2.75, 3.05) is 13.7 Å². The Kier molecular flexibility index (Phi) is 5.03. The van der Waals surface area contributed by atoms with Crippen molar-refractivity contribution < 1.29 is 19.4 Å². The van der Waals surface area contributed by atoms with Crippen LogP contribution in [0.4, 0.5) is 4.79 Å². The van der Waals surface area contributed by atoms with Crippen LogP contribution in [0, 0.1) is 0 Å². The van der Waals surface area contributed by atoms with Gasteiger partial charge in [-0.25, -0.2) is 4.79 Å². The van der Waals surface area contributed by atoms with E-state index in [0.29, 0.717) is 13.1 Å². The van der Waals surface area contributed by atoms with Crippen molar-refractivity contribution >= 4 is 12.0 Å². The second kappa shape index (κ2) is 6.97. The van der Waals surface area contributed by atoms with Crippen LogP contribution in [0.25, 0.3) is 0 Å². The number of carbonyl (C=O) groups is 2. The van der Waals surface area contributed by atoms with Gasteiger partial charge in [0.25, 0.3) is 0 Å². The Morgan fingerprint density at radius 2 is 2.29 bits per heavy atom. The van der Waals surface area contributed by atoms with Gasteiger partial charge in [0, 0.05) is 19.1 Å². The summed E-state index contributed by atoms with van der Waals surface area (Å²) in [6, 6.07) is 7.06. The maximum absolute atomic E-state index is 12.2. The quantitative estimate of drug-likeness (QED) is 0.868. The van der Waals surface area contributed by atoms with Crippen LogP contribution in [0.15, 0.2) is 24.3 Å². The van der Waals surface area contributed by atoms with Gasteiger partial charge in [-0.05, 0) is 30.5 Å². The second-order valence-electron chi connectivity index (χ2n) is 5.10. The molecule has 0 aromatic heterocycles. The molecule has 0 spiro atoms. The normalized spacial score (nSPS) is 17.6. The Labute approximate surface area is 123 Å². The van der Waals surface area contributed by atoms with Crippen LogP contribution in [0.5, 0.6) is 5.75 Å². The van der Waals surface area contributed by atoms with Crippen LogP contribution in [-0.2, 0) is 11.3 Å². The van der Waals surface area contributed by atoms with Gasteiger partial charge in [-0.15, -0.1) is 0 Å². The Hall–Kier alpha value is -2.24. The van der Waals surface area contributed by atoms with Gasteiger partial charge in [0.05, 0.1) is 13.5 Å². The average Bonchev–Trinajstić information content (AvgIpc) is 2.92. The molecule has 1 fully saturated rings. The van der Waals surface area contributed by atoms with Gasteiger partial charge in [0.2, 0.25) is 0 Å². The number of likely N-dealkylation sites (tertiary alicyclic amines) is 1. The number of carboxylic acid groups (broad SMARTS) is 1. The maximum Gasteiger partial charge on any atom is 0.317 e. The molecule has 21 heavy (non-hydrogen) atoms. The predicted molar refractivity (Wildman–Crippen MR) is 77.2 cm³/mol. The summed E-state index contributed by atoms with van der Waals surface area (Å²) in [7, 11) is 1.60. The molecule has 0 saturated carbocycles. The van der Waals surface area contributed by atoms with E-state index in [2.05, 4.69) is 5.32 Å². The summed E-state index contributed by atoms with van der Waals surface area (Å²) in [6.45, 7) is 1.01. The zero-order valence-electron chi connectivity index (χ0n) is 12.0. The van der Waals surface area contributed by atoms with E-state index in [1.807, 2.05) is 24.3 Å². The molecule has 2 N–H and O–H groups in total. The van der Waals surface area contributed by atoms with Crippen molar-refractivity contribution in [1.82, 2.24) is 10.2 Å². The summed E-state index contributed by atoms with van der Waals surface area (Å²) in [5.41, 5.74) is 0.941. The topological polar surface area (TPSA) is 78.9 Å². The second-order valence-corrected chi connectivity index (χ2v) is 5.10. The molecule has 1 aliphatic rings. The standard InChI is InChI=1S/C15H20N2O4/c1-21-13-6-2-4-11(8-13)10-16-15(20)17-7-3-5-12(17)9-14(18)19/h2,4,6,8,12H,3,5,7,9-10H2,1H3,(H,16,20)(H,18,19). The third-order valence-corrected chi connectivity index (χ3v) is 3.63. The van der Waals surface area contributed by atoms with E-state index in [0.717, 1.165) is 24.2 Å². The molecule has 1 aromatic carbocycles. The van der Waals surface area contributed by atoms with Gasteiger partial charge in [0.1, 0.15) is 5.75 Å². The SMILES string of the molecule is COc1cccc(CNC(=O)N2CCCC2CC(=O)O)c1. The highest BCUT2D eigenvalue weighted by Gasteiger charge is 2.30. The van der Waals surface area contributed by atoms with E-state index in [1.165, 1.54) is 0 Å². The minimum absolute atomic E-state index is 0.00653. The summed E-state index contributed by atoms with van der Waals surface area (Å²) in [5.74, 6) is -0.126. The molecule has 0 radical (unpaired) electrons. The number of hydrogen-bond acceptors (Lipinski definition) is 3. The molecular weight excluding hydrogens is 272 g/mol. The van der Waals surface area contributed by atoms with Crippen molar-refractivity contribution in [2.24, 2.45) is 0 Å². The smallest absolute Gasteiger partial charge is 0.317 e. The van der Waals surface area contributed by atoms with Crippen LogP contribution in [-0.4, -0.2) is 41.7 Å². The van der Waals surface area contributed by atoms with Gasteiger partial charge in [0.15, 0.2) is 0 Å². The van der Waals surface area contributed by atoms with Gasteiger partial charge in [-0.2, -0.15) is 0 Å². The first kappa shape index (κ1) is 15.2. The highest BCUT2D eigenvalue weighted by Crippen LogP contribution is 2.20. The molecule has 1 aliphatic heterocycles. The summed E-state index contributed by atoms with van der Waals surface area (Å²) in [4.78, 5) is 24.6. The van der Waals surface area contributed by atoms with Gasteiger partial charge >= 0.3 is 12.0 Å². The molecule has 2 amide bonds. The Morgan fingerprint density at radius 1 is 1.48 bits per heavy atom. The molecule has 0 aliphatic carbocycles. The lowest BCUT2D eigenvalue weighted by Gasteiger charge is -2.23. The van der Waals surface area contributed by atoms with E-state index >= 15 is 0 Å². The molecule has 1 atom stereocenters. The highest BCUT2D eigenvalue weighted by atomic mass is 16.5. The largest absolute Gasteiger partial charge is 0.497 e. The van der Waals surface area contributed by atoms with Crippen LogP contribution >= 0.6 is 0 Å². The summed E-state index contributed by atoms with van der Waals surface area (Å²) >= 11 is 0. The summed E-state index contributed by atoms with van der Waals surface area (Å²) < 4.78 is 5.13. The predicted octanol–water partition coefficient (Wildman–Crippen LogP) is 1.84. The number of hydrogen-bond donors (Lipinski definition) is 2. The molecule has 1 unspecified atom stereocenters. The Bertz CT molecular complexity index is 518. The van der Waals surface area contributed by atoms with Crippen molar-refractivity contribution in [1.29, 1.82) is 0 Å². The third kappa shape index (κ3) is 4.11. The maximum atomic E-state index is 12.2. The van der Waals surface area contributed by atoms with E-state index in [1.54, 1.807) is 12.0 Å². The van der Waals surface area contributed by atoms with Crippen molar-refractivity contribution in [3.63, 3.8) is 0 Å². The number of carbonyl (C=O) groups excluding carboxylic acids is 1. The van der Waals surface area contributed by atoms with Crippen molar-refractivity contribution in [2.45, 2.75) is 31.8 Å². The minimum Gasteiger partial charge on any atom is -0.497 e. The fraction of sp³-hybridized carbons (Fsp3) is 0.467. The van der Waals surface area contributed by atoms with E-state index < -0.39 is 5.97 Å². The first-order chi connectivity index (χ1) is 10.1. The summed E-state index contributed by atoms with van der Waals surface area (Å²) in [5, 5.41) is 11.7. The van der Waals surface area contributed by atoms with Gasteiger partial charge in [-0.3, -0.25) is 4.79 Å². The lowest BCUT2D eigenvalue weighted by atomic mass is 10.1. The molecule has 1 heterocycles. The Balaban J connectivity index is 1.90. The molecule has 2 rings (SSSR count). The first-order valence-electron chi connectivity index (χ1n) is 6.99. The number of carboxylic acids is 1. The van der Waals surface area contributed by atoms with Gasteiger partial charge < -0.3 is 20.1 Å². The average molecular weight is 292 g/mol. The zero-order chi connectivity index (χ0) is 15.2. The lowest BCUT2D eigenvalue weighted by molar-refractivity contribution is -0.137. The molecule has 1 aromatic rings. The molecule has 1 saturated heterocycles. The number of ether oxygens (including phenoxy) is 1. The van der Waals surface area contributed by atoms with Gasteiger partial charge in [-0.1, -0.05) is 12.1 Å². The molecular formula is C15H20N2O4. The molecule has 114 valence electrons. The zero-order valence-corrected chi connectivity index (χ0v) is 12.0. The minimum atomic E-state index is -0.868. The van der Waals surface area contributed by atoms with E-state index in [4.69, 9.17) is 9.84 Å². The van der Waals surface area contributed by atoms with Crippen LogP contribution in [0.1, 0.15) is 24.8 Å².